The van der Waals surface area contributed by atoms with Crippen LogP contribution in [-0.2, 0) is 0 Å². The lowest BCUT2D eigenvalue weighted by Crippen LogP contribution is -2.15. The number of anilines is 6. The van der Waals surface area contributed by atoms with Gasteiger partial charge in [-0.25, -0.2) is 0 Å². The molecule has 0 aliphatic heterocycles. The van der Waals surface area contributed by atoms with Crippen molar-refractivity contribution in [2.24, 2.45) is 0 Å². The van der Waals surface area contributed by atoms with Crippen LogP contribution in [0.2, 0.25) is 0 Å². The maximum Gasteiger partial charge on any atom is 0.159 e. The molecule has 14 aromatic rings. The number of nitrogens with zero attached hydrogens (tertiary/aromatic N) is 2. The number of hydrogen-bond donors (Lipinski definition) is 0. The molecule has 77 heavy (non-hydrogen) atoms. The highest BCUT2D eigenvalue weighted by atomic mass is 16.3. The molecule has 0 amide bonds. The first-order valence-corrected chi connectivity index (χ1v) is 27.1. The van der Waals surface area contributed by atoms with Gasteiger partial charge < -0.3 is 18.6 Å². The molecule has 0 radical (unpaired) electrons. The van der Waals surface area contributed by atoms with Crippen LogP contribution < -0.4 is 9.80 Å². The molecule has 0 bridgehead atoms. The predicted octanol–water partition coefficient (Wildman–Crippen LogP) is 21.8. The Kier molecular flexibility index (Phi) is 10.9. The van der Waals surface area contributed by atoms with Crippen molar-refractivity contribution in [1.29, 1.82) is 0 Å². The van der Waals surface area contributed by atoms with Gasteiger partial charge in [-0.1, -0.05) is 198 Å². The SMILES string of the molecule is Cc1ccc(-c2ccccc2)cc1N(c1cc(C(C)C)c2ccc3c(N(c4cccc(-c5ccccc5)c4)c4c(C)ccc5c4oc4ccccc45)cc(C(C)C)c4ccc1c2c43)c1c(C)ccc2c1oc1ccccc12. The Labute approximate surface area is 449 Å². The Morgan fingerprint density at radius 1 is 0.312 bits per heavy atom. The fourth-order valence-corrected chi connectivity index (χ4v) is 12.5. The summed E-state index contributed by atoms with van der Waals surface area (Å²) in [6, 6.07) is 77.9. The third-order valence-electron chi connectivity index (χ3n) is 16.3. The molecular formula is C73H58N2O2. The Morgan fingerprint density at radius 3 is 1.27 bits per heavy atom. The van der Waals surface area contributed by atoms with Gasteiger partial charge in [0.2, 0.25) is 0 Å². The van der Waals surface area contributed by atoms with Crippen LogP contribution in [0, 0.1) is 20.8 Å². The number of rotatable bonds is 10. The van der Waals surface area contributed by atoms with Crippen LogP contribution in [0.3, 0.4) is 0 Å². The van der Waals surface area contributed by atoms with Gasteiger partial charge in [0.25, 0.3) is 0 Å². The number of hydrogen-bond acceptors (Lipinski definition) is 4. The zero-order valence-corrected chi connectivity index (χ0v) is 44.6. The third kappa shape index (κ3) is 7.34. The summed E-state index contributed by atoms with van der Waals surface area (Å²) in [5.41, 5.74) is 20.6. The van der Waals surface area contributed by atoms with E-state index < -0.39 is 0 Å². The molecule has 0 N–H and O–H groups in total. The minimum atomic E-state index is 0.203. The molecule has 0 atom stereocenters. The molecule has 12 aromatic carbocycles. The maximum atomic E-state index is 7.06. The molecule has 4 nitrogen and oxygen atoms in total. The highest BCUT2D eigenvalue weighted by Gasteiger charge is 2.30. The van der Waals surface area contributed by atoms with Crippen molar-refractivity contribution in [2.75, 3.05) is 9.80 Å². The highest BCUT2D eigenvalue weighted by Crippen LogP contribution is 2.54. The number of furan rings is 2. The summed E-state index contributed by atoms with van der Waals surface area (Å²) >= 11 is 0. The largest absolute Gasteiger partial charge is 0.454 e. The molecule has 0 aliphatic carbocycles. The second kappa shape index (κ2) is 18.0. The van der Waals surface area contributed by atoms with Gasteiger partial charge in [0, 0.05) is 43.7 Å². The van der Waals surface area contributed by atoms with Crippen molar-refractivity contribution in [2.45, 2.75) is 60.3 Å². The second-order valence-electron chi connectivity index (χ2n) is 21.7. The average molecular weight is 995 g/mol. The molecule has 372 valence electrons. The molecule has 0 aliphatic rings. The van der Waals surface area contributed by atoms with Crippen molar-refractivity contribution < 1.29 is 8.83 Å². The monoisotopic (exact) mass is 994 g/mol. The van der Waals surface area contributed by atoms with Crippen molar-refractivity contribution >= 4 is 110 Å². The summed E-state index contributed by atoms with van der Waals surface area (Å²) in [7, 11) is 0. The van der Waals surface area contributed by atoms with E-state index in [-0.39, 0.29) is 11.8 Å². The molecule has 0 saturated carbocycles. The van der Waals surface area contributed by atoms with Crippen LogP contribution in [0.1, 0.15) is 67.3 Å². The Morgan fingerprint density at radius 2 is 0.740 bits per heavy atom. The smallest absolute Gasteiger partial charge is 0.159 e. The predicted molar refractivity (Wildman–Crippen MR) is 327 cm³/mol. The molecule has 0 unspecified atom stereocenters. The van der Waals surface area contributed by atoms with Crippen LogP contribution in [-0.4, -0.2) is 0 Å². The fraction of sp³-hybridized carbons (Fsp3) is 0.123. The number of para-hydroxylation sites is 2. The zero-order chi connectivity index (χ0) is 52.2. The minimum Gasteiger partial charge on any atom is -0.454 e. The topological polar surface area (TPSA) is 32.8 Å². The highest BCUT2D eigenvalue weighted by molar-refractivity contribution is 6.30. The van der Waals surface area contributed by atoms with Gasteiger partial charge in [0.05, 0.1) is 22.7 Å². The van der Waals surface area contributed by atoms with E-state index in [9.17, 15) is 0 Å². The van der Waals surface area contributed by atoms with Gasteiger partial charge in [-0.3, -0.25) is 0 Å². The van der Waals surface area contributed by atoms with Crippen LogP contribution in [0.15, 0.2) is 221 Å². The van der Waals surface area contributed by atoms with E-state index in [0.717, 1.165) is 100 Å². The van der Waals surface area contributed by atoms with Crippen molar-refractivity contribution in [1.82, 2.24) is 0 Å². The van der Waals surface area contributed by atoms with E-state index in [1.807, 2.05) is 0 Å². The first-order valence-electron chi connectivity index (χ1n) is 27.1. The van der Waals surface area contributed by atoms with Crippen LogP contribution in [0.4, 0.5) is 34.1 Å². The summed E-state index contributed by atoms with van der Waals surface area (Å²) < 4.78 is 14.1. The Hall–Kier alpha value is -9.12. The van der Waals surface area contributed by atoms with Gasteiger partial charge in [-0.2, -0.15) is 0 Å². The maximum absolute atomic E-state index is 7.06. The van der Waals surface area contributed by atoms with E-state index in [2.05, 4.69) is 271 Å². The number of aryl methyl sites for hydroxylation is 3. The van der Waals surface area contributed by atoms with Gasteiger partial charge >= 0.3 is 0 Å². The van der Waals surface area contributed by atoms with Crippen molar-refractivity contribution in [3.8, 4) is 22.3 Å². The summed E-state index contributed by atoms with van der Waals surface area (Å²) in [4.78, 5) is 5.04. The minimum absolute atomic E-state index is 0.203. The summed E-state index contributed by atoms with van der Waals surface area (Å²) in [5, 5.41) is 11.8. The number of fused-ring (bicyclic) bond motifs is 6. The lowest BCUT2D eigenvalue weighted by Gasteiger charge is -2.33. The molecule has 4 heteroatoms. The molecule has 2 aromatic heterocycles. The van der Waals surface area contributed by atoms with Gasteiger partial charge in [0.1, 0.15) is 11.2 Å². The Bertz CT molecular complexity index is 4620. The first kappa shape index (κ1) is 46.4. The molecule has 14 rings (SSSR count). The second-order valence-corrected chi connectivity index (χ2v) is 21.7. The Balaban J connectivity index is 1.12. The lowest BCUT2D eigenvalue weighted by atomic mass is 9.83. The van der Waals surface area contributed by atoms with E-state index in [4.69, 9.17) is 8.83 Å². The molecule has 0 fully saturated rings. The quantitative estimate of drug-likeness (QED) is 0.128. The van der Waals surface area contributed by atoms with E-state index in [0.29, 0.717) is 0 Å². The van der Waals surface area contributed by atoms with Crippen LogP contribution in [0.5, 0.6) is 0 Å². The van der Waals surface area contributed by atoms with E-state index in [1.54, 1.807) is 0 Å². The van der Waals surface area contributed by atoms with E-state index in [1.165, 1.54) is 60.1 Å². The lowest BCUT2D eigenvalue weighted by molar-refractivity contribution is 0.668. The van der Waals surface area contributed by atoms with Gasteiger partial charge in [0.15, 0.2) is 11.2 Å². The fourth-order valence-electron chi connectivity index (χ4n) is 12.5. The van der Waals surface area contributed by atoms with Crippen molar-refractivity contribution in [3.63, 3.8) is 0 Å². The first-order chi connectivity index (χ1) is 37.6. The van der Waals surface area contributed by atoms with Crippen molar-refractivity contribution in [3.05, 3.63) is 240 Å². The molecule has 2 heterocycles. The van der Waals surface area contributed by atoms with E-state index >= 15 is 0 Å². The molecular weight excluding hydrogens is 937 g/mol. The van der Waals surface area contributed by atoms with Crippen LogP contribution in [0.25, 0.3) is 98.4 Å². The summed E-state index contributed by atoms with van der Waals surface area (Å²) in [5.74, 6) is 0.408. The molecule has 0 saturated heterocycles. The summed E-state index contributed by atoms with van der Waals surface area (Å²) in [6.07, 6.45) is 0. The van der Waals surface area contributed by atoms with Gasteiger partial charge in [-0.15, -0.1) is 0 Å². The standard InChI is InChI=1S/C73H58N2O2/c1-43(2)61-41-64(74(52-24-18-23-50(39-52)48-19-10-8-11-20-48)70-46(6)30-33-57-53-25-14-16-27-66(53)76-72(57)70)59-37-35-56-62(44(3)4)42-65(60-38-36-55(61)68(59)69(56)60)75(63-40-51(32-29-45(63)5)49-21-12-9-13-22-49)71-47(7)31-34-58-54-26-15-17-28-67(54)77-73(58)71/h8-44H,1-7H3. The summed E-state index contributed by atoms with van der Waals surface area (Å²) in [6.45, 7) is 16.1. The average Bonchev–Trinajstić information content (AvgIpc) is 4.04. The normalized spacial score (nSPS) is 12.1. The third-order valence-corrected chi connectivity index (χ3v) is 16.3. The van der Waals surface area contributed by atoms with Gasteiger partial charge in [-0.05, 0) is 147 Å². The molecule has 0 spiro atoms. The number of benzene rings is 12. The zero-order valence-electron chi connectivity index (χ0n) is 44.6. The van der Waals surface area contributed by atoms with Crippen LogP contribution >= 0.6 is 0 Å².